The van der Waals surface area contributed by atoms with Gasteiger partial charge in [-0.15, -0.1) is 0 Å². The number of carbonyl (C=O) groups excluding carboxylic acids is 4. The summed E-state index contributed by atoms with van der Waals surface area (Å²) >= 11 is 0. The third kappa shape index (κ3) is 8.69. The minimum absolute atomic E-state index is 0.132. The van der Waals surface area contributed by atoms with Crippen LogP contribution in [0.3, 0.4) is 0 Å². The average molecular weight is 471 g/mol. The number of hydrogen-bond donors (Lipinski definition) is 0. The number of hydrogen-bond acceptors (Lipinski definition) is 8. The van der Waals surface area contributed by atoms with Crippen molar-refractivity contribution in [3.05, 3.63) is 70.8 Å². The SMILES string of the molecule is CCCCOC(=O)c1ccc(C(=O)OCCOC(=O)c2ccc(C(=O)OCCCC)cc2)cc1. The molecule has 0 heterocycles. The predicted octanol–water partition coefficient (Wildman–Crippen LogP) is 4.61. The van der Waals surface area contributed by atoms with E-state index in [1.807, 2.05) is 13.8 Å². The molecule has 0 fully saturated rings. The quantitative estimate of drug-likeness (QED) is 0.237. The molecule has 34 heavy (non-hydrogen) atoms. The summed E-state index contributed by atoms with van der Waals surface area (Å²) in [5.74, 6) is -2.09. The Balaban J connectivity index is 1.73. The van der Waals surface area contributed by atoms with Crippen molar-refractivity contribution in [1.29, 1.82) is 0 Å². The van der Waals surface area contributed by atoms with Crippen LogP contribution >= 0.6 is 0 Å². The second-order valence-corrected chi connectivity index (χ2v) is 7.41. The van der Waals surface area contributed by atoms with E-state index in [4.69, 9.17) is 18.9 Å². The smallest absolute Gasteiger partial charge is 0.338 e. The summed E-state index contributed by atoms with van der Waals surface area (Å²) < 4.78 is 20.4. The fraction of sp³-hybridized carbons (Fsp3) is 0.385. The number of carbonyl (C=O) groups is 4. The summed E-state index contributed by atoms with van der Waals surface area (Å²) in [6.45, 7) is 4.45. The second kappa shape index (κ2) is 14.5. The van der Waals surface area contributed by atoms with Gasteiger partial charge in [-0.3, -0.25) is 0 Å². The molecule has 0 saturated carbocycles. The Morgan fingerprint density at radius 2 is 0.706 bits per heavy atom. The van der Waals surface area contributed by atoms with Crippen LogP contribution < -0.4 is 0 Å². The number of ether oxygens (including phenoxy) is 4. The van der Waals surface area contributed by atoms with Gasteiger partial charge >= 0.3 is 23.9 Å². The summed E-state index contributed by atoms with van der Waals surface area (Å²) in [5.41, 5.74) is 1.22. The zero-order valence-corrected chi connectivity index (χ0v) is 19.5. The van der Waals surface area contributed by atoms with Crippen molar-refractivity contribution >= 4 is 23.9 Å². The van der Waals surface area contributed by atoms with Gasteiger partial charge in [0.1, 0.15) is 13.2 Å². The first-order chi connectivity index (χ1) is 16.5. The number of rotatable bonds is 13. The van der Waals surface area contributed by atoms with Gasteiger partial charge in [0.15, 0.2) is 0 Å². The monoisotopic (exact) mass is 470 g/mol. The van der Waals surface area contributed by atoms with Crippen LogP contribution in [0.1, 0.15) is 81.0 Å². The molecular weight excluding hydrogens is 440 g/mol. The molecule has 0 saturated heterocycles. The van der Waals surface area contributed by atoms with Crippen LogP contribution in [0.25, 0.3) is 0 Å². The highest BCUT2D eigenvalue weighted by Gasteiger charge is 2.13. The van der Waals surface area contributed by atoms with Crippen LogP contribution in [0.2, 0.25) is 0 Å². The van der Waals surface area contributed by atoms with E-state index in [1.165, 1.54) is 48.5 Å². The van der Waals surface area contributed by atoms with Gasteiger partial charge in [0, 0.05) is 0 Å². The first-order valence-electron chi connectivity index (χ1n) is 11.3. The minimum Gasteiger partial charge on any atom is -0.462 e. The second-order valence-electron chi connectivity index (χ2n) is 7.41. The zero-order valence-electron chi connectivity index (χ0n) is 19.5. The van der Waals surface area contributed by atoms with E-state index in [0.29, 0.717) is 24.3 Å². The zero-order chi connectivity index (χ0) is 24.8. The maximum Gasteiger partial charge on any atom is 0.338 e. The molecule has 0 N–H and O–H groups in total. The van der Waals surface area contributed by atoms with E-state index < -0.39 is 23.9 Å². The molecule has 182 valence electrons. The third-order valence-electron chi connectivity index (χ3n) is 4.72. The maximum absolute atomic E-state index is 12.1. The van der Waals surface area contributed by atoms with Crippen LogP contribution in [0.15, 0.2) is 48.5 Å². The molecule has 0 spiro atoms. The molecule has 0 bridgehead atoms. The molecule has 0 aromatic heterocycles. The molecule has 2 aromatic carbocycles. The van der Waals surface area contributed by atoms with Crippen molar-refractivity contribution in [1.82, 2.24) is 0 Å². The first-order valence-corrected chi connectivity index (χ1v) is 11.3. The fourth-order valence-corrected chi connectivity index (χ4v) is 2.71. The third-order valence-corrected chi connectivity index (χ3v) is 4.72. The van der Waals surface area contributed by atoms with E-state index in [0.717, 1.165) is 25.7 Å². The highest BCUT2D eigenvalue weighted by Crippen LogP contribution is 2.10. The Kier molecular flexibility index (Phi) is 11.3. The molecule has 0 aliphatic rings. The van der Waals surface area contributed by atoms with Crippen molar-refractivity contribution in [2.24, 2.45) is 0 Å². The Bertz CT molecular complexity index is 868. The van der Waals surface area contributed by atoms with E-state index in [2.05, 4.69) is 0 Å². The maximum atomic E-state index is 12.1. The van der Waals surface area contributed by atoms with Crippen LogP contribution in [-0.2, 0) is 18.9 Å². The number of esters is 4. The average Bonchev–Trinajstić information content (AvgIpc) is 2.86. The summed E-state index contributed by atoms with van der Waals surface area (Å²) in [6.07, 6.45) is 3.43. The van der Waals surface area contributed by atoms with Crippen LogP contribution in [0.4, 0.5) is 0 Å². The van der Waals surface area contributed by atoms with Crippen molar-refractivity contribution < 1.29 is 38.1 Å². The van der Waals surface area contributed by atoms with E-state index in [1.54, 1.807) is 0 Å². The Morgan fingerprint density at radius 3 is 0.941 bits per heavy atom. The first kappa shape index (κ1) is 26.6. The highest BCUT2D eigenvalue weighted by molar-refractivity contribution is 5.94. The lowest BCUT2D eigenvalue weighted by Gasteiger charge is -2.08. The van der Waals surface area contributed by atoms with Gasteiger partial charge in [0.25, 0.3) is 0 Å². The van der Waals surface area contributed by atoms with Crippen LogP contribution in [-0.4, -0.2) is 50.3 Å². The fourth-order valence-electron chi connectivity index (χ4n) is 2.71. The largest absolute Gasteiger partial charge is 0.462 e. The Hall–Kier alpha value is -3.68. The van der Waals surface area contributed by atoms with Crippen molar-refractivity contribution in [2.75, 3.05) is 26.4 Å². The van der Waals surface area contributed by atoms with E-state index in [9.17, 15) is 19.2 Å². The predicted molar refractivity (Wildman–Crippen MR) is 124 cm³/mol. The summed E-state index contributed by atoms with van der Waals surface area (Å²) in [4.78, 5) is 48.0. The lowest BCUT2D eigenvalue weighted by Crippen LogP contribution is -2.14. The van der Waals surface area contributed by atoms with Gasteiger partial charge in [-0.25, -0.2) is 19.2 Å². The van der Waals surface area contributed by atoms with Gasteiger partial charge in [-0.05, 0) is 61.4 Å². The van der Waals surface area contributed by atoms with E-state index in [-0.39, 0.29) is 24.3 Å². The highest BCUT2D eigenvalue weighted by atomic mass is 16.6. The van der Waals surface area contributed by atoms with Gasteiger partial charge < -0.3 is 18.9 Å². The van der Waals surface area contributed by atoms with Gasteiger partial charge in [-0.1, -0.05) is 26.7 Å². The molecule has 0 aliphatic carbocycles. The van der Waals surface area contributed by atoms with Crippen LogP contribution in [0.5, 0.6) is 0 Å². The molecule has 0 amide bonds. The molecular formula is C26H30O8. The molecule has 8 nitrogen and oxygen atoms in total. The summed E-state index contributed by atoms with van der Waals surface area (Å²) in [7, 11) is 0. The molecule has 2 aromatic rings. The lowest BCUT2D eigenvalue weighted by molar-refractivity contribution is 0.0265. The number of benzene rings is 2. The van der Waals surface area contributed by atoms with Crippen molar-refractivity contribution in [3.63, 3.8) is 0 Å². The molecule has 0 atom stereocenters. The van der Waals surface area contributed by atoms with Gasteiger partial charge in [0.2, 0.25) is 0 Å². The Morgan fingerprint density at radius 1 is 0.471 bits per heavy atom. The molecule has 2 rings (SSSR count). The molecule has 0 aliphatic heterocycles. The lowest BCUT2D eigenvalue weighted by atomic mass is 10.1. The normalized spacial score (nSPS) is 10.3. The Labute approximate surface area is 199 Å². The van der Waals surface area contributed by atoms with E-state index >= 15 is 0 Å². The van der Waals surface area contributed by atoms with Crippen molar-refractivity contribution in [3.8, 4) is 0 Å². The van der Waals surface area contributed by atoms with Crippen LogP contribution in [0, 0.1) is 0 Å². The standard InChI is InChI=1S/C26H30O8/c1-3-5-15-31-23(27)19-7-11-21(12-8-19)25(29)33-17-18-34-26(30)22-13-9-20(10-14-22)24(28)32-16-6-4-2/h7-14H,3-6,15-18H2,1-2H3. The topological polar surface area (TPSA) is 105 Å². The minimum atomic E-state index is -0.604. The summed E-state index contributed by atoms with van der Waals surface area (Å²) in [6, 6.07) is 11.9. The summed E-state index contributed by atoms with van der Waals surface area (Å²) in [5, 5.41) is 0. The molecule has 0 unspecified atom stereocenters. The van der Waals surface area contributed by atoms with Gasteiger partial charge in [0.05, 0.1) is 35.5 Å². The van der Waals surface area contributed by atoms with Crippen molar-refractivity contribution in [2.45, 2.75) is 39.5 Å². The molecule has 0 radical (unpaired) electrons. The number of unbranched alkanes of at least 4 members (excludes halogenated alkanes) is 2. The van der Waals surface area contributed by atoms with Gasteiger partial charge in [-0.2, -0.15) is 0 Å². The molecule has 8 heteroatoms.